The lowest BCUT2D eigenvalue weighted by Crippen LogP contribution is -2.25. The third-order valence-electron chi connectivity index (χ3n) is 2.84. The van der Waals surface area contributed by atoms with Crippen LogP contribution in [0.4, 0.5) is 5.00 Å². The number of nitrogens with zero attached hydrogens (tertiary/aromatic N) is 1. The topological polar surface area (TPSA) is 80.3 Å². The van der Waals surface area contributed by atoms with Crippen LogP contribution in [0.2, 0.25) is 0 Å². The van der Waals surface area contributed by atoms with Crippen LogP contribution in [-0.4, -0.2) is 36.1 Å². The summed E-state index contributed by atoms with van der Waals surface area (Å²) in [6, 6.07) is 0.410. The van der Waals surface area contributed by atoms with E-state index >= 15 is 0 Å². The van der Waals surface area contributed by atoms with E-state index in [1.54, 1.807) is 12.4 Å². The van der Waals surface area contributed by atoms with E-state index < -0.39 is 5.97 Å². The van der Waals surface area contributed by atoms with E-state index in [1.165, 1.54) is 11.3 Å². The number of carbonyl (C=O) groups excluding carboxylic acids is 2. The molecule has 2 N–H and O–H groups in total. The van der Waals surface area contributed by atoms with Gasteiger partial charge in [-0.1, -0.05) is 0 Å². The molecule has 1 heterocycles. The molecule has 1 saturated carbocycles. The van der Waals surface area contributed by atoms with Crippen LogP contribution in [0.25, 0.3) is 0 Å². The van der Waals surface area contributed by atoms with Gasteiger partial charge in [-0.15, -0.1) is 11.3 Å². The summed E-state index contributed by atoms with van der Waals surface area (Å²) in [5, 5.41) is 6.78. The van der Waals surface area contributed by atoms with E-state index in [4.69, 9.17) is 4.74 Å². The SMILES string of the molecule is CCOC(=O)c1ncsc1NCCCC(=O)NC1CC1. The fourth-order valence-corrected chi connectivity index (χ4v) is 2.39. The van der Waals surface area contributed by atoms with Crippen molar-refractivity contribution in [2.75, 3.05) is 18.5 Å². The third kappa shape index (κ3) is 4.48. The van der Waals surface area contributed by atoms with Crippen LogP contribution in [-0.2, 0) is 9.53 Å². The van der Waals surface area contributed by atoms with Crippen LogP contribution in [0.5, 0.6) is 0 Å². The van der Waals surface area contributed by atoms with Gasteiger partial charge in [-0.3, -0.25) is 4.79 Å². The highest BCUT2D eigenvalue weighted by molar-refractivity contribution is 7.14. The standard InChI is InChI=1S/C13H19N3O3S/c1-2-19-13(18)11-12(20-8-15-11)14-7-3-4-10(17)16-9-5-6-9/h8-9,14H,2-7H2,1H3,(H,16,17). The van der Waals surface area contributed by atoms with Crippen molar-refractivity contribution in [2.24, 2.45) is 0 Å². The zero-order valence-electron chi connectivity index (χ0n) is 11.5. The Morgan fingerprint density at radius 1 is 1.50 bits per heavy atom. The summed E-state index contributed by atoms with van der Waals surface area (Å²) in [5.74, 6) is -0.313. The minimum atomic E-state index is -0.414. The molecular formula is C13H19N3O3S. The van der Waals surface area contributed by atoms with Crippen molar-refractivity contribution in [3.05, 3.63) is 11.2 Å². The first-order valence-corrected chi connectivity index (χ1v) is 7.72. The first-order chi connectivity index (χ1) is 9.70. The molecule has 2 rings (SSSR count). The Balaban J connectivity index is 1.69. The van der Waals surface area contributed by atoms with Gasteiger partial charge in [0.2, 0.25) is 5.91 Å². The molecule has 0 atom stereocenters. The molecule has 0 saturated heterocycles. The van der Waals surface area contributed by atoms with Gasteiger partial charge >= 0.3 is 5.97 Å². The Bertz CT molecular complexity index is 471. The molecule has 7 heteroatoms. The zero-order chi connectivity index (χ0) is 14.4. The van der Waals surface area contributed by atoms with Gasteiger partial charge in [0, 0.05) is 19.0 Å². The third-order valence-corrected chi connectivity index (χ3v) is 3.63. The molecule has 0 bridgehead atoms. The van der Waals surface area contributed by atoms with Crippen LogP contribution in [0.3, 0.4) is 0 Å². The number of aromatic nitrogens is 1. The number of ether oxygens (including phenoxy) is 1. The highest BCUT2D eigenvalue weighted by atomic mass is 32.1. The summed E-state index contributed by atoms with van der Waals surface area (Å²) in [4.78, 5) is 27.1. The van der Waals surface area contributed by atoms with Gasteiger partial charge in [0.25, 0.3) is 0 Å². The second-order valence-corrected chi connectivity index (χ2v) is 5.48. The minimum Gasteiger partial charge on any atom is -0.461 e. The Labute approximate surface area is 121 Å². The smallest absolute Gasteiger partial charge is 0.360 e. The van der Waals surface area contributed by atoms with Crippen molar-refractivity contribution in [1.29, 1.82) is 0 Å². The van der Waals surface area contributed by atoms with E-state index in [0.29, 0.717) is 36.3 Å². The summed E-state index contributed by atoms with van der Waals surface area (Å²) in [5.41, 5.74) is 1.92. The molecule has 1 aromatic rings. The van der Waals surface area contributed by atoms with Crippen LogP contribution in [0.1, 0.15) is 43.1 Å². The minimum absolute atomic E-state index is 0.101. The number of hydrogen-bond donors (Lipinski definition) is 2. The van der Waals surface area contributed by atoms with Gasteiger partial charge < -0.3 is 15.4 Å². The fourth-order valence-electron chi connectivity index (χ4n) is 1.69. The average molecular weight is 297 g/mol. The van der Waals surface area contributed by atoms with Gasteiger partial charge in [0.1, 0.15) is 5.00 Å². The van der Waals surface area contributed by atoms with Gasteiger partial charge in [-0.2, -0.15) is 0 Å². The molecule has 20 heavy (non-hydrogen) atoms. The number of esters is 1. The summed E-state index contributed by atoms with van der Waals surface area (Å²) in [6.07, 6.45) is 3.43. The maximum absolute atomic E-state index is 11.6. The van der Waals surface area contributed by atoms with Crippen LogP contribution in [0, 0.1) is 0 Å². The fraction of sp³-hybridized carbons (Fsp3) is 0.615. The predicted molar refractivity (Wildman–Crippen MR) is 77.0 cm³/mol. The monoisotopic (exact) mass is 297 g/mol. The number of nitrogens with one attached hydrogen (secondary N) is 2. The van der Waals surface area contributed by atoms with Crippen LogP contribution in [0.15, 0.2) is 5.51 Å². The molecule has 6 nitrogen and oxygen atoms in total. The first-order valence-electron chi connectivity index (χ1n) is 6.84. The van der Waals surface area contributed by atoms with Gasteiger partial charge in [0.15, 0.2) is 5.69 Å². The van der Waals surface area contributed by atoms with Crippen molar-refractivity contribution >= 4 is 28.2 Å². The van der Waals surface area contributed by atoms with Crippen LogP contribution < -0.4 is 10.6 Å². The second kappa shape index (κ2) is 7.23. The molecule has 0 aliphatic heterocycles. The summed E-state index contributed by atoms with van der Waals surface area (Å²) in [7, 11) is 0. The Hall–Kier alpha value is -1.63. The molecule has 1 aliphatic rings. The van der Waals surface area contributed by atoms with Crippen molar-refractivity contribution < 1.29 is 14.3 Å². The van der Waals surface area contributed by atoms with Gasteiger partial charge in [0.05, 0.1) is 12.1 Å². The molecule has 110 valence electrons. The molecule has 0 aromatic carbocycles. The van der Waals surface area contributed by atoms with Gasteiger partial charge in [-0.25, -0.2) is 9.78 Å². The number of amides is 1. The molecular weight excluding hydrogens is 278 g/mol. The molecule has 0 radical (unpaired) electrons. The van der Waals surface area contributed by atoms with Gasteiger partial charge in [-0.05, 0) is 26.2 Å². The number of thiazole rings is 1. The normalized spacial score (nSPS) is 13.8. The highest BCUT2D eigenvalue weighted by Gasteiger charge is 2.22. The first kappa shape index (κ1) is 14.8. The summed E-state index contributed by atoms with van der Waals surface area (Å²) >= 11 is 1.36. The van der Waals surface area contributed by atoms with Crippen molar-refractivity contribution in [3.63, 3.8) is 0 Å². The van der Waals surface area contributed by atoms with E-state index in [2.05, 4.69) is 15.6 Å². The Morgan fingerprint density at radius 3 is 3.00 bits per heavy atom. The summed E-state index contributed by atoms with van der Waals surface area (Å²) in [6.45, 7) is 2.72. The summed E-state index contributed by atoms with van der Waals surface area (Å²) < 4.78 is 4.92. The molecule has 0 spiro atoms. The lowest BCUT2D eigenvalue weighted by molar-refractivity contribution is -0.121. The molecule has 1 amide bonds. The van der Waals surface area contributed by atoms with E-state index in [-0.39, 0.29) is 5.91 Å². The number of rotatable bonds is 8. The van der Waals surface area contributed by atoms with Crippen LogP contribution >= 0.6 is 11.3 Å². The largest absolute Gasteiger partial charge is 0.461 e. The van der Waals surface area contributed by atoms with Crippen molar-refractivity contribution in [3.8, 4) is 0 Å². The van der Waals surface area contributed by atoms with E-state index in [9.17, 15) is 9.59 Å². The number of carbonyl (C=O) groups is 2. The number of anilines is 1. The quantitative estimate of drug-likeness (QED) is 0.565. The highest BCUT2D eigenvalue weighted by Crippen LogP contribution is 2.21. The van der Waals surface area contributed by atoms with Crippen molar-refractivity contribution in [1.82, 2.24) is 10.3 Å². The second-order valence-electron chi connectivity index (χ2n) is 4.62. The lowest BCUT2D eigenvalue weighted by Gasteiger charge is -2.06. The molecule has 1 aliphatic carbocycles. The molecule has 1 aromatic heterocycles. The Morgan fingerprint density at radius 2 is 2.30 bits per heavy atom. The molecule has 1 fully saturated rings. The predicted octanol–water partition coefficient (Wildman–Crippen LogP) is 1.79. The Kier molecular flexibility index (Phi) is 5.34. The maximum Gasteiger partial charge on any atom is 0.360 e. The average Bonchev–Trinajstić information content (AvgIpc) is 3.10. The number of hydrogen-bond acceptors (Lipinski definition) is 6. The van der Waals surface area contributed by atoms with E-state index in [1.807, 2.05) is 0 Å². The van der Waals surface area contributed by atoms with E-state index in [0.717, 1.165) is 19.3 Å². The van der Waals surface area contributed by atoms with Crippen molar-refractivity contribution in [2.45, 2.75) is 38.6 Å². The lowest BCUT2D eigenvalue weighted by atomic mass is 10.3. The maximum atomic E-state index is 11.6. The molecule has 0 unspecified atom stereocenters. The zero-order valence-corrected chi connectivity index (χ0v) is 12.3.